The second kappa shape index (κ2) is 5.16. The Morgan fingerprint density at radius 2 is 2.05 bits per heavy atom. The highest BCUT2D eigenvalue weighted by Gasteiger charge is 2.17. The van der Waals surface area contributed by atoms with Crippen LogP contribution >= 0.6 is 0 Å². The first-order valence-electron chi connectivity index (χ1n) is 7.10. The van der Waals surface area contributed by atoms with Crippen LogP contribution in [0.2, 0.25) is 0 Å². The van der Waals surface area contributed by atoms with Gasteiger partial charge in [-0.2, -0.15) is 0 Å². The minimum absolute atomic E-state index is 0.526. The van der Waals surface area contributed by atoms with E-state index in [0.717, 1.165) is 36.0 Å². The maximum absolute atomic E-state index is 5.64. The second-order valence-corrected chi connectivity index (χ2v) is 5.57. The summed E-state index contributed by atoms with van der Waals surface area (Å²) in [5.41, 5.74) is 3.51. The largest absolute Gasteiger partial charge is 0.488 e. The standard InChI is InChI=1S/C17H20N2O/c1-12(2)13-5-4-6-14(11-13)15-7-8-16-17(18-15)19(3)9-10-20-16/h4-8,11-12H,9-10H2,1-3H3. The van der Waals surface area contributed by atoms with Gasteiger partial charge in [0.2, 0.25) is 0 Å². The Labute approximate surface area is 120 Å². The van der Waals surface area contributed by atoms with E-state index in [1.165, 1.54) is 5.56 Å². The monoisotopic (exact) mass is 268 g/mol. The molecule has 1 aromatic carbocycles. The number of ether oxygens (including phenoxy) is 1. The summed E-state index contributed by atoms with van der Waals surface area (Å²) in [7, 11) is 2.06. The summed E-state index contributed by atoms with van der Waals surface area (Å²) in [6.07, 6.45) is 0. The summed E-state index contributed by atoms with van der Waals surface area (Å²) >= 11 is 0. The van der Waals surface area contributed by atoms with Crippen molar-refractivity contribution in [2.45, 2.75) is 19.8 Å². The average molecular weight is 268 g/mol. The Morgan fingerprint density at radius 3 is 2.85 bits per heavy atom. The Morgan fingerprint density at radius 1 is 1.20 bits per heavy atom. The fraction of sp³-hybridized carbons (Fsp3) is 0.353. The summed E-state index contributed by atoms with van der Waals surface area (Å²) in [6, 6.07) is 12.7. The Bertz CT molecular complexity index is 622. The number of fused-ring (bicyclic) bond motifs is 1. The van der Waals surface area contributed by atoms with Crippen molar-refractivity contribution in [2.75, 3.05) is 25.1 Å². The average Bonchev–Trinajstić information content (AvgIpc) is 2.47. The summed E-state index contributed by atoms with van der Waals surface area (Å²) in [5.74, 6) is 2.34. The lowest BCUT2D eigenvalue weighted by Gasteiger charge is -2.26. The van der Waals surface area contributed by atoms with E-state index in [9.17, 15) is 0 Å². The zero-order valence-electron chi connectivity index (χ0n) is 12.3. The van der Waals surface area contributed by atoms with Crippen LogP contribution in [0.4, 0.5) is 5.82 Å². The predicted octanol–water partition coefficient (Wildman–Crippen LogP) is 3.70. The van der Waals surface area contributed by atoms with E-state index in [4.69, 9.17) is 9.72 Å². The molecule has 3 rings (SSSR count). The fourth-order valence-electron chi connectivity index (χ4n) is 2.44. The molecule has 0 spiro atoms. The Hall–Kier alpha value is -2.03. The summed E-state index contributed by atoms with van der Waals surface area (Å²) in [6.45, 7) is 6.03. The third kappa shape index (κ3) is 2.36. The van der Waals surface area contributed by atoms with Gasteiger partial charge in [-0.1, -0.05) is 32.0 Å². The highest BCUT2D eigenvalue weighted by molar-refractivity contribution is 5.66. The van der Waals surface area contributed by atoms with Crippen LogP contribution in [-0.2, 0) is 0 Å². The highest BCUT2D eigenvalue weighted by Crippen LogP contribution is 2.32. The van der Waals surface area contributed by atoms with Crippen molar-refractivity contribution in [3.8, 4) is 17.0 Å². The number of hydrogen-bond acceptors (Lipinski definition) is 3. The van der Waals surface area contributed by atoms with Crippen molar-refractivity contribution in [3.63, 3.8) is 0 Å². The van der Waals surface area contributed by atoms with Crippen molar-refractivity contribution in [1.29, 1.82) is 0 Å². The number of anilines is 1. The summed E-state index contributed by atoms with van der Waals surface area (Å²) in [4.78, 5) is 6.91. The number of hydrogen-bond donors (Lipinski definition) is 0. The molecule has 0 amide bonds. The van der Waals surface area contributed by atoms with Gasteiger partial charge < -0.3 is 9.64 Å². The van der Waals surface area contributed by atoms with Crippen molar-refractivity contribution in [2.24, 2.45) is 0 Å². The third-order valence-electron chi connectivity index (χ3n) is 3.73. The molecule has 104 valence electrons. The molecule has 1 aromatic heterocycles. The molecule has 20 heavy (non-hydrogen) atoms. The van der Waals surface area contributed by atoms with Gasteiger partial charge >= 0.3 is 0 Å². The lowest BCUT2D eigenvalue weighted by atomic mass is 9.99. The van der Waals surface area contributed by atoms with E-state index in [1.54, 1.807) is 0 Å². The van der Waals surface area contributed by atoms with Crippen LogP contribution in [0, 0.1) is 0 Å². The number of rotatable bonds is 2. The number of likely N-dealkylation sites (N-methyl/N-ethyl adjacent to an activating group) is 1. The minimum atomic E-state index is 0.526. The van der Waals surface area contributed by atoms with E-state index in [1.807, 2.05) is 12.1 Å². The van der Waals surface area contributed by atoms with Crippen LogP contribution in [0.5, 0.6) is 5.75 Å². The van der Waals surface area contributed by atoms with E-state index in [0.29, 0.717) is 5.92 Å². The van der Waals surface area contributed by atoms with Crippen LogP contribution in [0.1, 0.15) is 25.3 Å². The topological polar surface area (TPSA) is 25.4 Å². The van der Waals surface area contributed by atoms with Gasteiger partial charge in [-0.25, -0.2) is 4.98 Å². The minimum Gasteiger partial charge on any atom is -0.488 e. The van der Waals surface area contributed by atoms with Gasteiger partial charge in [0.25, 0.3) is 0 Å². The van der Waals surface area contributed by atoms with Gasteiger partial charge in [0.15, 0.2) is 11.6 Å². The zero-order valence-corrected chi connectivity index (χ0v) is 12.3. The summed E-state index contributed by atoms with van der Waals surface area (Å²) in [5, 5.41) is 0. The number of aromatic nitrogens is 1. The molecule has 2 aromatic rings. The fourth-order valence-corrected chi connectivity index (χ4v) is 2.44. The molecule has 0 saturated heterocycles. The van der Waals surface area contributed by atoms with Gasteiger partial charge in [0.05, 0.1) is 12.2 Å². The Kier molecular flexibility index (Phi) is 3.35. The molecule has 0 bridgehead atoms. The molecule has 1 aliphatic heterocycles. The lowest BCUT2D eigenvalue weighted by molar-refractivity contribution is 0.309. The number of benzene rings is 1. The first-order valence-corrected chi connectivity index (χ1v) is 7.10. The molecule has 0 saturated carbocycles. The quantitative estimate of drug-likeness (QED) is 0.830. The number of pyridine rings is 1. The normalized spacial score (nSPS) is 14.1. The second-order valence-electron chi connectivity index (χ2n) is 5.57. The van der Waals surface area contributed by atoms with Crippen LogP contribution in [0.25, 0.3) is 11.3 Å². The van der Waals surface area contributed by atoms with Gasteiger partial charge in [-0.3, -0.25) is 0 Å². The molecular weight excluding hydrogens is 248 g/mol. The van der Waals surface area contributed by atoms with Crippen LogP contribution in [0.15, 0.2) is 36.4 Å². The Balaban J connectivity index is 2.02. The van der Waals surface area contributed by atoms with Gasteiger partial charge in [-0.05, 0) is 29.7 Å². The molecule has 0 N–H and O–H groups in total. The van der Waals surface area contributed by atoms with Crippen molar-refractivity contribution < 1.29 is 4.74 Å². The third-order valence-corrected chi connectivity index (χ3v) is 3.73. The van der Waals surface area contributed by atoms with E-state index in [2.05, 4.69) is 50.1 Å². The van der Waals surface area contributed by atoms with Gasteiger partial charge in [-0.15, -0.1) is 0 Å². The van der Waals surface area contributed by atoms with E-state index < -0.39 is 0 Å². The van der Waals surface area contributed by atoms with Gasteiger partial charge in [0.1, 0.15) is 6.61 Å². The smallest absolute Gasteiger partial charge is 0.171 e. The molecule has 3 heteroatoms. The van der Waals surface area contributed by atoms with Crippen LogP contribution in [-0.4, -0.2) is 25.2 Å². The first-order chi connectivity index (χ1) is 9.65. The maximum Gasteiger partial charge on any atom is 0.171 e. The van der Waals surface area contributed by atoms with Crippen molar-refractivity contribution >= 4 is 5.82 Å². The van der Waals surface area contributed by atoms with Crippen LogP contribution < -0.4 is 9.64 Å². The summed E-state index contributed by atoms with van der Waals surface area (Å²) < 4.78 is 5.64. The zero-order chi connectivity index (χ0) is 14.1. The van der Waals surface area contributed by atoms with Gasteiger partial charge in [0, 0.05) is 12.6 Å². The first kappa shape index (κ1) is 13.0. The molecule has 0 unspecified atom stereocenters. The predicted molar refractivity (Wildman–Crippen MR) is 82.5 cm³/mol. The van der Waals surface area contributed by atoms with E-state index in [-0.39, 0.29) is 0 Å². The SMILES string of the molecule is CC(C)c1cccc(-c2ccc3c(n2)N(C)CCO3)c1. The lowest BCUT2D eigenvalue weighted by Crippen LogP contribution is -2.29. The molecule has 0 radical (unpaired) electrons. The maximum atomic E-state index is 5.64. The molecule has 0 fully saturated rings. The number of nitrogens with zero attached hydrogens (tertiary/aromatic N) is 2. The van der Waals surface area contributed by atoms with Crippen molar-refractivity contribution in [3.05, 3.63) is 42.0 Å². The van der Waals surface area contributed by atoms with Crippen molar-refractivity contribution in [1.82, 2.24) is 4.98 Å². The highest BCUT2D eigenvalue weighted by atomic mass is 16.5. The van der Waals surface area contributed by atoms with E-state index >= 15 is 0 Å². The molecule has 0 aliphatic carbocycles. The molecule has 3 nitrogen and oxygen atoms in total. The molecule has 0 atom stereocenters. The molecule has 2 heterocycles. The molecular formula is C17H20N2O. The molecule has 1 aliphatic rings. The van der Waals surface area contributed by atoms with Crippen LogP contribution in [0.3, 0.4) is 0 Å².